The van der Waals surface area contributed by atoms with E-state index in [1.165, 1.54) is 90.1 Å². The monoisotopic (exact) mass is 333 g/mol. The van der Waals surface area contributed by atoms with Gasteiger partial charge >= 0.3 is 0 Å². The predicted octanol–water partition coefficient (Wildman–Crippen LogP) is 2.17. The van der Waals surface area contributed by atoms with Crippen LogP contribution in [-0.2, 0) is 4.74 Å². The fourth-order valence-corrected chi connectivity index (χ4v) is 3.20. The third-order valence-corrected chi connectivity index (χ3v) is 4.72. The normalized spacial score (nSPS) is 17.3. The van der Waals surface area contributed by atoms with Crippen LogP contribution in [0.3, 0.4) is 0 Å². The Bertz CT molecular complexity index is 242. The van der Waals surface area contributed by atoms with Gasteiger partial charge in [-0.15, -0.1) is 0 Å². The number of epoxide rings is 1. The largest absolute Gasteiger partial charge is 1.00 e. The number of quaternary nitrogens is 1. The highest BCUT2D eigenvalue weighted by Gasteiger charge is 2.30. The Morgan fingerprint density at radius 1 is 0.773 bits per heavy atom. The number of hydrogen-bond donors (Lipinski definition) is 0. The lowest BCUT2D eigenvalue weighted by atomic mass is 10.1. The molecule has 3 heteroatoms. The van der Waals surface area contributed by atoms with Crippen LogP contribution >= 0.6 is 0 Å². The van der Waals surface area contributed by atoms with Gasteiger partial charge in [0.15, 0.2) is 0 Å². The molecule has 1 fully saturated rings. The lowest BCUT2D eigenvalue weighted by Gasteiger charge is -2.29. The second-order valence-electron chi connectivity index (χ2n) is 7.69. The molecule has 1 atom stereocenters. The zero-order valence-corrected chi connectivity index (χ0v) is 16.2. The number of rotatable bonds is 15. The van der Waals surface area contributed by atoms with Crippen LogP contribution in [0.15, 0.2) is 0 Å². The van der Waals surface area contributed by atoms with Gasteiger partial charge in [0.25, 0.3) is 0 Å². The molecule has 0 saturated carbocycles. The van der Waals surface area contributed by atoms with Crippen LogP contribution in [0.5, 0.6) is 0 Å². The summed E-state index contributed by atoms with van der Waals surface area (Å²) in [5.41, 5.74) is 0. The third kappa shape index (κ3) is 13.8. The van der Waals surface area contributed by atoms with E-state index >= 15 is 0 Å². The molecular formula is C19H40ClNO. The van der Waals surface area contributed by atoms with Crippen molar-refractivity contribution in [2.24, 2.45) is 0 Å². The summed E-state index contributed by atoms with van der Waals surface area (Å²) >= 11 is 0. The van der Waals surface area contributed by atoms with Crippen molar-refractivity contribution in [1.29, 1.82) is 0 Å². The zero-order valence-electron chi connectivity index (χ0n) is 15.4. The van der Waals surface area contributed by atoms with Crippen molar-refractivity contribution in [2.45, 2.75) is 90.1 Å². The van der Waals surface area contributed by atoms with Crippen molar-refractivity contribution in [3.05, 3.63) is 0 Å². The van der Waals surface area contributed by atoms with Gasteiger partial charge in [-0.25, -0.2) is 0 Å². The number of likely N-dealkylation sites (N-methyl/N-ethyl adjacent to an activating group) is 1. The molecule has 134 valence electrons. The Kier molecular flexibility index (Phi) is 13.8. The van der Waals surface area contributed by atoms with Crippen LogP contribution < -0.4 is 12.4 Å². The number of ether oxygens (including phenoxy) is 1. The van der Waals surface area contributed by atoms with E-state index in [0.29, 0.717) is 6.10 Å². The smallest absolute Gasteiger partial charge is 0.130 e. The van der Waals surface area contributed by atoms with Crippen molar-refractivity contribution in [1.82, 2.24) is 0 Å². The first-order valence-electron chi connectivity index (χ1n) is 9.57. The maximum Gasteiger partial charge on any atom is 0.130 e. The second-order valence-corrected chi connectivity index (χ2v) is 7.69. The molecule has 0 N–H and O–H groups in total. The van der Waals surface area contributed by atoms with E-state index in [9.17, 15) is 0 Å². The predicted molar refractivity (Wildman–Crippen MR) is 92.7 cm³/mol. The van der Waals surface area contributed by atoms with Gasteiger partial charge in [-0.1, -0.05) is 71.1 Å². The minimum Gasteiger partial charge on any atom is -1.00 e. The van der Waals surface area contributed by atoms with Gasteiger partial charge in [-0.2, -0.15) is 0 Å². The van der Waals surface area contributed by atoms with Crippen molar-refractivity contribution >= 4 is 0 Å². The Labute approximate surface area is 146 Å². The minimum atomic E-state index is 0. The summed E-state index contributed by atoms with van der Waals surface area (Å²) in [5, 5.41) is 0. The molecule has 0 spiro atoms. The van der Waals surface area contributed by atoms with Crippen LogP contribution in [0, 0.1) is 0 Å². The molecule has 0 aromatic carbocycles. The highest BCUT2D eigenvalue weighted by Crippen LogP contribution is 2.16. The summed E-state index contributed by atoms with van der Waals surface area (Å²) in [6.07, 6.45) is 17.8. The second kappa shape index (κ2) is 13.6. The Hall–Kier alpha value is 0.210. The van der Waals surface area contributed by atoms with E-state index < -0.39 is 0 Å². The molecule has 1 aliphatic rings. The quantitative estimate of drug-likeness (QED) is 0.254. The molecule has 0 amide bonds. The maximum atomic E-state index is 5.34. The van der Waals surface area contributed by atoms with E-state index in [4.69, 9.17) is 4.74 Å². The van der Waals surface area contributed by atoms with Gasteiger partial charge in [0.2, 0.25) is 0 Å². The molecule has 1 saturated heterocycles. The molecule has 22 heavy (non-hydrogen) atoms. The topological polar surface area (TPSA) is 12.5 Å². The van der Waals surface area contributed by atoms with Gasteiger partial charge in [0.1, 0.15) is 12.6 Å². The summed E-state index contributed by atoms with van der Waals surface area (Å²) in [4.78, 5) is 0. The minimum absolute atomic E-state index is 0. The SMILES string of the molecule is CCCCCCCCCCCCCC[N+](C)(C)CC1CO1.[Cl-]. The summed E-state index contributed by atoms with van der Waals surface area (Å²) in [5.74, 6) is 0. The first-order chi connectivity index (χ1) is 10.1. The molecule has 0 aromatic rings. The molecule has 1 aliphatic heterocycles. The van der Waals surface area contributed by atoms with Gasteiger partial charge in [0, 0.05) is 0 Å². The van der Waals surface area contributed by atoms with E-state index in [2.05, 4.69) is 21.0 Å². The van der Waals surface area contributed by atoms with Gasteiger partial charge < -0.3 is 21.6 Å². The van der Waals surface area contributed by atoms with E-state index in [1.807, 2.05) is 0 Å². The zero-order chi connectivity index (χ0) is 15.4. The average Bonchev–Trinajstić information content (AvgIpc) is 3.23. The number of hydrogen-bond acceptors (Lipinski definition) is 1. The van der Waals surface area contributed by atoms with Gasteiger partial charge in [-0.05, 0) is 12.8 Å². The maximum absolute atomic E-state index is 5.34. The van der Waals surface area contributed by atoms with E-state index in [0.717, 1.165) is 11.1 Å². The molecule has 1 heterocycles. The Morgan fingerprint density at radius 3 is 1.59 bits per heavy atom. The first kappa shape index (κ1) is 22.2. The molecule has 0 radical (unpaired) electrons. The van der Waals surface area contributed by atoms with Crippen LogP contribution in [-0.4, -0.2) is 44.4 Å². The van der Waals surface area contributed by atoms with Crippen molar-refractivity contribution in [3.8, 4) is 0 Å². The first-order valence-corrected chi connectivity index (χ1v) is 9.57. The van der Waals surface area contributed by atoms with E-state index in [1.54, 1.807) is 0 Å². The lowest BCUT2D eigenvalue weighted by Crippen LogP contribution is -3.00. The fraction of sp³-hybridized carbons (Fsp3) is 1.00. The van der Waals surface area contributed by atoms with Crippen molar-refractivity contribution in [3.63, 3.8) is 0 Å². The summed E-state index contributed by atoms with van der Waals surface area (Å²) < 4.78 is 6.48. The molecule has 1 unspecified atom stereocenters. The average molecular weight is 334 g/mol. The summed E-state index contributed by atoms with van der Waals surface area (Å²) in [7, 11) is 4.69. The number of nitrogens with zero attached hydrogens (tertiary/aromatic N) is 1. The molecular weight excluding hydrogens is 294 g/mol. The number of unbranched alkanes of at least 4 members (excludes halogenated alkanes) is 11. The highest BCUT2D eigenvalue weighted by molar-refractivity contribution is 4.67. The number of halogens is 1. The summed E-state index contributed by atoms with van der Waals surface area (Å²) in [6.45, 7) is 5.81. The van der Waals surface area contributed by atoms with Crippen LogP contribution in [0.25, 0.3) is 0 Å². The molecule has 0 bridgehead atoms. The summed E-state index contributed by atoms with van der Waals surface area (Å²) in [6, 6.07) is 0. The van der Waals surface area contributed by atoms with Crippen molar-refractivity contribution < 1.29 is 21.6 Å². The Balaban J connectivity index is 0.00000441. The Morgan fingerprint density at radius 2 is 1.18 bits per heavy atom. The molecule has 0 aromatic heterocycles. The van der Waals surface area contributed by atoms with E-state index in [-0.39, 0.29) is 12.4 Å². The molecule has 1 rings (SSSR count). The van der Waals surface area contributed by atoms with Gasteiger partial charge in [0.05, 0.1) is 27.2 Å². The third-order valence-electron chi connectivity index (χ3n) is 4.72. The molecule has 2 nitrogen and oxygen atoms in total. The lowest BCUT2D eigenvalue weighted by molar-refractivity contribution is -0.891. The van der Waals surface area contributed by atoms with Crippen LogP contribution in [0.4, 0.5) is 0 Å². The van der Waals surface area contributed by atoms with Crippen LogP contribution in [0.2, 0.25) is 0 Å². The fourth-order valence-electron chi connectivity index (χ4n) is 3.20. The van der Waals surface area contributed by atoms with Crippen molar-refractivity contribution in [2.75, 3.05) is 33.8 Å². The molecule has 0 aliphatic carbocycles. The van der Waals surface area contributed by atoms with Crippen LogP contribution in [0.1, 0.15) is 84.0 Å². The van der Waals surface area contributed by atoms with Gasteiger partial charge in [-0.3, -0.25) is 0 Å². The highest BCUT2D eigenvalue weighted by atomic mass is 35.5. The standard InChI is InChI=1S/C19H40NO.ClH/c1-4-5-6-7-8-9-10-11-12-13-14-15-16-20(2,3)17-19-18-21-19;/h19H,4-18H2,1-3H3;1H/q+1;/p-1.